The van der Waals surface area contributed by atoms with Crippen LogP contribution in [0.2, 0.25) is 5.02 Å². The summed E-state index contributed by atoms with van der Waals surface area (Å²) >= 11 is 11.0. The Morgan fingerprint density at radius 3 is 2.76 bits per heavy atom. The summed E-state index contributed by atoms with van der Waals surface area (Å²) in [7, 11) is 0. The zero-order valence-corrected chi connectivity index (χ0v) is 10.6. The second-order valence-corrected chi connectivity index (χ2v) is 4.44. The molecule has 2 rings (SSSR count). The lowest BCUT2D eigenvalue weighted by Gasteiger charge is -2.28. The van der Waals surface area contributed by atoms with Gasteiger partial charge in [-0.2, -0.15) is 0 Å². The van der Waals surface area contributed by atoms with Gasteiger partial charge in [-0.1, -0.05) is 17.7 Å². The molecule has 0 spiro atoms. The quantitative estimate of drug-likeness (QED) is 0.624. The number of rotatable bonds is 1. The Morgan fingerprint density at radius 1 is 1.41 bits per heavy atom. The monoisotopic (exact) mass is 268 g/mol. The maximum absolute atomic E-state index is 11.8. The topological polar surface area (TPSA) is 49.4 Å². The Balaban J connectivity index is 2.46. The molecule has 17 heavy (non-hydrogen) atoms. The number of thiocarbonyl (C=S) groups is 1. The molecule has 0 aliphatic carbocycles. The lowest BCUT2D eigenvalue weighted by Crippen LogP contribution is -2.53. The van der Waals surface area contributed by atoms with Crippen LogP contribution in [-0.4, -0.2) is 16.9 Å². The Bertz CT molecular complexity index is 510. The van der Waals surface area contributed by atoms with E-state index in [0.717, 1.165) is 5.56 Å². The maximum atomic E-state index is 11.8. The van der Waals surface area contributed by atoms with Crippen LogP contribution in [0.3, 0.4) is 0 Å². The Hall–Kier alpha value is -1.46. The number of amides is 2. The van der Waals surface area contributed by atoms with Crippen LogP contribution in [0.25, 0.3) is 0 Å². The minimum absolute atomic E-state index is 0.0941. The molecular weight excluding hydrogens is 260 g/mol. The number of hydrogen-bond acceptors (Lipinski definition) is 3. The van der Waals surface area contributed by atoms with Crippen molar-refractivity contribution in [1.82, 2.24) is 5.32 Å². The number of nitrogens with one attached hydrogen (secondary N) is 1. The van der Waals surface area contributed by atoms with Crippen LogP contribution in [0.1, 0.15) is 12.0 Å². The Morgan fingerprint density at radius 2 is 2.12 bits per heavy atom. The van der Waals surface area contributed by atoms with E-state index in [1.54, 1.807) is 25.1 Å². The molecule has 0 radical (unpaired) electrons. The lowest BCUT2D eigenvalue weighted by atomic mass is 10.1. The van der Waals surface area contributed by atoms with Gasteiger partial charge in [-0.3, -0.25) is 14.5 Å². The molecule has 1 fully saturated rings. The highest BCUT2D eigenvalue weighted by atomic mass is 35.5. The molecule has 6 heteroatoms. The van der Waals surface area contributed by atoms with Crippen molar-refractivity contribution in [3.05, 3.63) is 28.8 Å². The van der Waals surface area contributed by atoms with Gasteiger partial charge in [0.05, 0.1) is 5.69 Å². The zero-order chi connectivity index (χ0) is 12.6. The number of benzene rings is 1. The largest absolute Gasteiger partial charge is 0.302 e. The average Bonchev–Trinajstić information content (AvgIpc) is 2.23. The number of carbonyl (C=O) groups is 2. The molecule has 1 aromatic carbocycles. The fourth-order valence-electron chi connectivity index (χ4n) is 1.63. The number of hydrogen-bond donors (Lipinski definition) is 1. The van der Waals surface area contributed by atoms with Gasteiger partial charge in [0.15, 0.2) is 5.11 Å². The smallest absolute Gasteiger partial charge is 0.242 e. The summed E-state index contributed by atoms with van der Waals surface area (Å²) in [4.78, 5) is 24.3. The van der Waals surface area contributed by atoms with Gasteiger partial charge >= 0.3 is 0 Å². The van der Waals surface area contributed by atoms with Crippen molar-refractivity contribution in [3.63, 3.8) is 0 Å². The van der Waals surface area contributed by atoms with Gasteiger partial charge in [0.1, 0.15) is 6.42 Å². The van der Waals surface area contributed by atoms with Crippen LogP contribution in [0.15, 0.2) is 18.2 Å². The first-order valence-electron chi connectivity index (χ1n) is 4.92. The number of carbonyl (C=O) groups excluding carboxylic acids is 2. The van der Waals surface area contributed by atoms with E-state index in [4.69, 9.17) is 23.8 Å². The minimum atomic E-state index is -0.379. The van der Waals surface area contributed by atoms with E-state index in [-0.39, 0.29) is 23.3 Å². The van der Waals surface area contributed by atoms with Crippen molar-refractivity contribution in [3.8, 4) is 0 Å². The fraction of sp³-hybridized carbons (Fsp3) is 0.182. The van der Waals surface area contributed by atoms with Crippen molar-refractivity contribution in [1.29, 1.82) is 0 Å². The van der Waals surface area contributed by atoms with Crippen LogP contribution in [0.5, 0.6) is 0 Å². The summed E-state index contributed by atoms with van der Waals surface area (Å²) in [6, 6.07) is 5.20. The molecule has 0 unspecified atom stereocenters. The van der Waals surface area contributed by atoms with Crippen molar-refractivity contribution in [2.75, 3.05) is 4.90 Å². The molecule has 1 heterocycles. The average molecular weight is 269 g/mol. The summed E-state index contributed by atoms with van der Waals surface area (Å²) in [6.45, 7) is 1.80. The predicted octanol–water partition coefficient (Wildman–Crippen LogP) is 1.79. The van der Waals surface area contributed by atoms with Gasteiger partial charge in [0.25, 0.3) is 0 Å². The second-order valence-electron chi connectivity index (χ2n) is 3.64. The SMILES string of the molecule is Cc1c(Cl)cccc1N1C(=O)CC(=O)NC1=S. The van der Waals surface area contributed by atoms with E-state index in [2.05, 4.69) is 5.32 Å². The summed E-state index contributed by atoms with van der Waals surface area (Å²) in [5.41, 5.74) is 1.36. The maximum Gasteiger partial charge on any atom is 0.242 e. The molecule has 0 bridgehead atoms. The van der Waals surface area contributed by atoms with Crippen LogP contribution in [0.4, 0.5) is 5.69 Å². The van der Waals surface area contributed by atoms with Gasteiger partial charge in [0, 0.05) is 5.02 Å². The third kappa shape index (κ3) is 2.16. The predicted molar refractivity (Wildman–Crippen MR) is 69.0 cm³/mol. The summed E-state index contributed by atoms with van der Waals surface area (Å²) < 4.78 is 0. The number of nitrogens with zero attached hydrogens (tertiary/aromatic N) is 1. The van der Waals surface area contributed by atoms with Crippen molar-refractivity contribution in [2.24, 2.45) is 0 Å². The molecule has 1 aromatic rings. The van der Waals surface area contributed by atoms with Gasteiger partial charge in [0.2, 0.25) is 11.8 Å². The first kappa shape index (κ1) is 12.0. The van der Waals surface area contributed by atoms with Crippen molar-refractivity contribution >= 4 is 46.4 Å². The molecule has 1 saturated heterocycles. The van der Waals surface area contributed by atoms with Gasteiger partial charge in [-0.05, 0) is 36.8 Å². The Labute approximate surface area is 109 Å². The van der Waals surface area contributed by atoms with Gasteiger partial charge < -0.3 is 5.32 Å². The molecule has 88 valence electrons. The first-order valence-corrected chi connectivity index (χ1v) is 5.71. The molecule has 0 aromatic heterocycles. The second kappa shape index (κ2) is 4.43. The summed E-state index contributed by atoms with van der Waals surface area (Å²) in [5, 5.41) is 3.10. The third-order valence-corrected chi connectivity index (χ3v) is 3.18. The van der Waals surface area contributed by atoms with E-state index in [9.17, 15) is 9.59 Å². The highest BCUT2D eigenvalue weighted by molar-refractivity contribution is 7.80. The van der Waals surface area contributed by atoms with Gasteiger partial charge in [-0.15, -0.1) is 0 Å². The molecule has 2 amide bonds. The van der Waals surface area contributed by atoms with E-state index in [1.165, 1.54) is 4.90 Å². The molecule has 1 aliphatic heterocycles. The van der Waals surface area contributed by atoms with Crippen molar-refractivity contribution in [2.45, 2.75) is 13.3 Å². The molecular formula is C11H9ClN2O2S. The van der Waals surface area contributed by atoms with Crippen LogP contribution in [0, 0.1) is 6.92 Å². The molecule has 4 nitrogen and oxygen atoms in total. The minimum Gasteiger partial charge on any atom is -0.302 e. The molecule has 0 saturated carbocycles. The zero-order valence-electron chi connectivity index (χ0n) is 8.99. The summed E-state index contributed by atoms with van der Waals surface area (Å²) in [6.07, 6.45) is -0.202. The first-order chi connectivity index (χ1) is 8.00. The normalized spacial score (nSPS) is 16.1. The number of halogens is 1. The molecule has 0 atom stereocenters. The van der Waals surface area contributed by atoms with Crippen LogP contribution < -0.4 is 10.2 Å². The number of anilines is 1. The van der Waals surface area contributed by atoms with E-state index >= 15 is 0 Å². The lowest BCUT2D eigenvalue weighted by molar-refractivity contribution is -0.127. The van der Waals surface area contributed by atoms with E-state index in [0.29, 0.717) is 10.7 Å². The summed E-state index contributed by atoms with van der Waals surface area (Å²) in [5.74, 6) is -0.722. The standard InChI is InChI=1S/C11H9ClN2O2S/c1-6-7(12)3-2-4-8(6)14-10(16)5-9(15)13-11(14)17/h2-4H,5H2,1H3,(H,13,15,17). The van der Waals surface area contributed by atoms with Crippen LogP contribution >= 0.6 is 23.8 Å². The van der Waals surface area contributed by atoms with Crippen LogP contribution in [-0.2, 0) is 9.59 Å². The highest BCUT2D eigenvalue weighted by Gasteiger charge is 2.30. The third-order valence-electron chi connectivity index (χ3n) is 2.49. The molecule has 1 N–H and O–H groups in total. The Kier molecular flexibility index (Phi) is 3.13. The highest BCUT2D eigenvalue weighted by Crippen LogP contribution is 2.28. The molecule has 1 aliphatic rings. The van der Waals surface area contributed by atoms with E-state index in [1.807, 2.05) is 0 Å². The van der Waals surface area contributed by atoms with E-state index < -0.39 is 0 Å². The fourth-order valence-corrected chi connectivity index (χ4v) is 2.11. The van der Waals surface area contributed by atoms with Gasteiger partial charge in [-0.25, -0.2) is 0 Å². The van der Waals surface area contributed by atoms with Crippen molar-refractivity contribution < 1.29 is 9.59 Å².